The average Bonchev–Trinajstić information content (AvgIpc) is 2.88. The predicted molar refractivity (Wildman–Crippen MR) is 79.4 cm³/mol. The molecule has 0 saturated heterocycles. The summed E-state index contributed by atoms with van der Waals surface area (Å²) in [6.07, 6.45) is 2.99. The standard InChI is InChI=1S/C13H16ClN3O2S/c1-3-17-8-13(15-9-17)20(18,19)16-12-7-5-4-6-11(12)10(2)14/h4-10,16H,3H2,1-2H3. The van der Waals surface area contributed by atoms with Crippen LogP contribution < -0.4 is 4.72 Å². The molecule has 108 valence electrons. The number of hydrogen-bond acceptors (Lipinski definition) is 3. The van der Waals surface area contributed by atoms with E-state index in [-0.39, 0.29) is 10.4 Å². The maximum absolute atomic E-state index is 12.3. The van der Waals surface area contributed by atoms with Gasteiger partial charge in [0.2, 0.25) is 0 Å². The Bertz CT molecular complexity index is 695. The van der Waals surface area contributed by atoms with E-state index in [2.05, 4.69) is 9.71 Å². The van der Waals surface area contributed by atoms with Crippen LogP contribution in [-0.2, 0) is 16.6 Å². The van der Waals surface area contributed by atoms with E-state index in [0.717, 1.165) is 5.56 Å². The second-order valence-electron chi connectivity index (χ2n) is 4.35. The molecule has 1 unspecified atom stereocenters. The van der Waals surface area contributed by atoms with Crippen molar-refractivity contribution in [1.29, 1.82) is 0 Å². The molecule has 0 amide bonds. The van der Waals surface area contributed by atoms with Crippen LogP contribution in [0.1, 0.15) is 24.8 Å². The molecule has 7 heteroatoms. The van der Waals surface area contributed by atoms with Gasteiger partial charge in [-0.25, -0.2) is 4.98 Å². The summed E-state index contributed by atoms with van der Waals surface area (Å²) in [7, 11) is -3.70. The minimum absolute atomic E-state index is 0.00335. The zero-order chi connectivity index (χ0) is 14.8. The molecule has 1 aromatic carbocycles. The fourth-order valence-corrected chi connectivity index (χ4v) is 3.02. The number of rotatable bonds is 5. The number of para-hydroxylation sites is 1. The first kappa shape index (κ1) is 14.9. The molecule has 5 nitrogen and oxygen atoms in total. The number of alkyl halides is 1. The molecule has 0 radical (unpaired) electrons. The summed E-state index contributed by atoms with van der Waals surface area (Å²) < 4.78 is 28.8. The Balaban J connectivity index is 2.33. The highest BCUT2D eigenvalue weighted by Gasteiger charge is 2.19. The van der Waals surface area contributed by atoms with Crippen LogP contribution in [-0.4, -0.2) is 18.0 Å². The quantitative estimate of drug-likeness (QED) is 0.863. The highest BCUT2D eigenvalue weighted by atomic mass is 35.5. The Morgan fingerprint density at radius 1 is 1.40 bits per heavy atom. The van der Waals surface area contributed by atoms with E-state index in [1.807, 2.05) is 13.0 Å². The molecule has 1 aromatic heterocycles. The van der Waals surface area contributed by atoms with E-state index >= 15 is 0 Å². The lowest BCUT2D eigenvalue weighted by Gasteiger charge is -2.12. The number of nitrogens with one attached hydrogen (secondary N) is 1. The van der Waals surface area contributed by atoms with Crippen LogP contribution >= 0.6 is 11.6 Å². The molecule has 20 heavy (non-hydrogen) atoms. The number of benzene rings is 1. The molecule has 0 aliphatic heterocycles. The van der Waals surface area contributed by atoms with Gasteiger partial charge in [-0.05, 0) is 25.5 Å². The third-order valence-electron chi connectivity index (χ3n) is 2.88. The zero-order valence-electron chi connectivity index (χ0n) is 11.2. The van der Waals surface area contributed by atoms with Gasteiger partial charge in [0.05, 0.1) is 17.4 Å². The van der Waals surface area contributed by atoms with Crippen LogP contribution in [0.4, 0.5) is 5.69 Å². The minimum atomic E-state index is -3.70. The van der Waals surface area contributed by atoms with Crippen molar-refractivity contribution in [1.82, 2.24) is 9.55 Å². The molecule has 0 fully saturated rings. The molecule has 1 atom stereocenters. The Kier molecular flexibility index (Phi) is 4.35. The summed E-state index contributed by atoms with van der Waals surface area (Å²) in [5.41, 5.74) is 1.20. The van der Waals surface area contributed by atoms with Gasteiger partial charge in [0.25, 0.3) is 10.0 Å². The van der Waals surface area contributed by atoms with Crippen molar-refractivity contribution in [3.8, 4) is 0 Å². The monoisotopic (exact) mass is 313 g/mol. The Morgan fingerprint density at radius 2 is 2.10 bits per heavy atom. The van der Waals surface area contributed by atoms with Gasteiger partial charge in [-0.1, -0.05) is 18.2 Å². The van der Waals surface area contributed by atoms with E-state index in [9.17, 15) is 8.42 Å². The first-order chi connectivity index (χ1) is 9.44. The molecule has 1 N–H and O–H groups in total. The number of nitrogens with zero attached hydrogens (tertiary/aromatic N) is 2. The van der Waals surface area contributed by atoms with Crippen molar-refractivity contribution in [2.75, 3.05) is 4.72 Å². The van der Waals surface area contributed by atoms with E-state index in [4.69, 9.17) is 11.6 Å². The van der Waals surface area contributed by atoms with E-state index in [1.54, 1.807) is 29.7 Å². The summed E-state index contributed by atoms with van der Waals surface area (Å²) in [4.78, 5) is 3.91. The van der Waals surface area contributed by atoms with Gasteiger partial charge in [-0.15, -0.1) is 11.6 Å². The molecule has 0 aliphatic rings. The molecule has 2 rings (SSSR count). The third kappa shape index (κ3) is 3.13. The smallest absolute Gasteiger partial charge is 0.280 e. The van der Waals surface area contributed by atoms with Crippen molar-refractivity contribution in [2.45, 2.75) is 30.8 Å². The molecule has 0 aliphatic carbocycles. The number of aryl methyl sites for hydroxylation is 1. The summed E-state index contributed by atoms with van der Waals surface area (Å²) in [5, 5.41) is -0.293. The second kappa shape index (κ2) is 5.85. The van der Waals surface area contributed by atoms with Crippen LogP contribution in [0.15, 0.2) is 41.8 Å². The lowest BCUT2D eigenvalue weighted by molar-refractivity contribution is 0.598. The fraction of sp³-hybridized carbons (Fsp3) is 0.308. The van der Waals surface area contributed by atoms with Crippen molar-refractivity contribution in [2.24, 2.45) is 0 Å². The number of aromatic nitrogens is 2. The van der Waals surface area contributed by atoms with Crippen LogP contribution in [0.2, 0.25) is 0 Å². The molecular formula is C13H16ClN3O2S. The minimum Gasteiger partial charge on any atom is -0.336 e. The highest BCUT2D eigenvalue weighted by molar-refractivity contribution is 7.92. The van der Waals surface area contributed by atoms with Crippen LogP contribution in [0, 0.1) is 0 Å². The molecule has 0 saturated carbocycles. The molecule has 0 spiro atoms. The maximum atomic E-state index is 12.3. The van der Waals surface area contributed by atoms with Crippen molar-refractivity contribution >= 4 is 27.3 Å². The lowest BCUT2D eigenvalue weighted by Crippen LogP contribution is -2.14. The third-order valence-corrected chi connectivity index (χ3v) is 4.37. The van der Waals surface area contributed by atoms with Gasteiger partial charge in [0.15, 0.2) is 5.03 Å². The van der Waals surface area contributed by atoms with Crippen LogP contribution in [0.5, 0.6) is 0 Å². The van der Waals surface area contributed by atoms with Gasteiger partial charge < -0.3 is 4.57 Å². The van der Waals surface area contributed by atoms with Gasteiger partial charge in [0, 0.05) is 12.7 Å². The van der Waals surface area contributed by atoms with Gasteiger partial charge in [0.1, 0.15) is 0 Å². The number of halogens is 1. The molecule has 1 heterocycles. The lowest BCUT2D eigenvalue weighted by atomic mass is 10.1. The summed E-state index contributed by atoms with van der Waals surface area (Å²) in [6, 6.07) is 7.05. The molecule has 2 aromatic rings. The van der Waals surface area contributed by atoms with Gasteiger partial charge >= 0.3 is 0 Å². The maximum Gasteiger partial charge on any atom is 0.280 e. The average molecular weight is 314 g/mol. The first-order valence-corrected chi connectivity index (χ1v) is 8.13. The van der Waals surface area contributed by atoms with E-state index < -0.39 is 10.0 Å². The first-order valence-electron chi connectivity index (χ1n) is 6.21. The summed E-state index contributed by atoms with van der Waals surface area (Å²) in [5.74, 6) is 0. The van der Waals surface area contributed by atoms with E-state index in [0.29, 0.717) is 12.2 Å². The Labute approximate surface area is 123 Å². The highest BCUT2D eigenvalue weighted by Crippen LogP contribution is 2.28. The van der Waals surface area contributed by atoms with Crippen molar-refractivity contribution in [3.05, 3.63) is 42.4 Å². The Morgan fingerprint density at radius 3 is 2.70 bits per heavy atom. The second-order valence-corrected chi connectivity index (χ2v) is 6.64. The molecule has 0 bridgehead atoms. The zero-order valence-corrected chi connectivity index (χ0v) is 12.8. The summed E-state index contributed by atoms with van der Waals surface area (Å²) >= 11 is 6.06. The van der Waals surface area contributed by atoms with Crippen molar-refractivity contribution in [3.63, 3.8) is 0 Å². The van der Waals surface area contributed by atoms with Crippen LogP contribution in [0.3, 0.4) is 0 Å². The van der Waals surface area contributed by atoms with Gasteiger partial charge in [-0.2, -0.15) is 8.42 Å². The SMILES string of the molecule is CCn1cnc(S(=O)(=O)Nc2ccccc2C(C)Cl)c1. The normalized spacial score (nSPS) is 13.2. The number of anilines is 1. The number of sulfonamides is 1. The topological polar surface area (TPSA) is 64.0 Å². The van der Waals surface area contributed by atoms with Crippen LogP contribution in [0.25, 0.3) is 0 Å². The van der Waals surface area contributed by atoms with Crippen molar-refractivity contribution < 1.29 is 8.42 Å². The number of hydrogen-bond donors (Lipinski definition) is 1. The largest absolute Gasteiger partial charge is 0.336 e. The van der Waals surface area contributed by atoms with Gasteiger partial charge in [-0.3, -0.25) is 4.72 Å². The Hall–Kier alpha value is -1.53. The van der Waals surface area contributed by atoms with E-state index in [1.165, 1.54) is 12.5 Å². The number of imidazole rings is 1. The molecular weight excluding hydrogens is 298 g/mol. The summed E-state index contributed by atoms with van der Waals surface area (Å²) in [6.45, 7) is 4.37. The predicted octanol–water partition coefficient (Wildman–Crippen LogP) is 3.00. The fourth-order valence-electron chi connectivity index (χ4n) is 1.79.